The number of hydrogen-bond donors (Lipinski definition) is 1. The number of carbonyl (C=O) groups excluding carboxylic acids is 1. The summed E-state index contributed by atoms with van der Waals surface area (Å²) in [5.74, 6) is 1.47. The first kappa shape index (κ1) is 16.7. The van der Waals surface area contributed by atoms with Crippen molar-refractivity contribution in [2.75, 3.05) is 19.5 Å². The third-order valence-corrected chi connectivity index (χ3v) is 3.14. The molecule has 0 bridgehead atoms. The van der Waals surface area contributed by atoms with Crippen LogP contribution in [-0.2, 0) is 0 Å². The maximum absolute atomic E-state index is 12.5. The van der Waals surface area contributed by atoms with Crippen molar-refractivity contribution >= 4 is 11.6 Å². The molecule has 0 aromatic heterocycles. The van der Waals surface area contributed by atoms with E-state index in [1.165, 1.54) is 0 Å². The van der Waals surface area contributed by atoms with Gasteiger partial charge >= 0.3 is 0 Å². The average Bonchev–Trinajstić information content (AvgIpc) is 2.54. The Morgan fingerprint density at radius 2 is 1.65 bits per heavy atom. The van der Waals surface area contributed by atoms with Crippen LogP contribution in [0.4, 0.5) is 5.69 Å². The van der Waals surface area contributed by atoms with Crippen molar-refractivity contribution in [3.05, 3.63) is 48.0 Å². The van der Waals surface area contributed by atoms with Gasteiger partial charge in [-0.1, -0.05) is 12.1 Å². The first-order valence-electron chi connectivity index (χ1n) is 7.34. The van der Waals surface area contributed by atoms with Gasteiger partial charge in [0.15, 0.2) is 11.5 Å². The van der Waals surface area contributed by atoms with Gasteiger partial charge in [0.2, 0.25) is 0 Å². The van der Waals surface area contributed by atoms with Crippen molar-refractivity contribution in [3.63, 3.8) is 0 Å². The fourth-order valence-electron chi connectivity index (χ4n) is 2.12. The largest absolute Gasteiger partial charge is 0.493 e. The van der Waals surface area contributed by atoms with Crippen molar-refractivity contribution in [1.29, 1.82) is 0 Å². The predicted molar refractivity (Wildman–Crippen MR) is 89.7 cm³/mol. The highest BCUT2D eigenvalue weighted by Gasteiger charge is 2.14. The summed E-state index contributed by atoms with van der Waals surface area (Å²) in [4.78, 5) is 12.5. The molecule has 0 fully saturated rings. The summed E-state index contributed by atoms with van der Waals surface area (Å²) in [7, 11) is 3.12. The summed E-state index contributed by atoms with van der Waals surface area (Å²) < 4.78 is 16.1. The summed E-state index contributed by atoms with van der Waals surface area (Å²) >= 11 is 0. The van der Waals surface area contributed by atoms with E-state index in [-0.39, 0.29) is 12.0 Å². The van der Waals surface area contributed by atoms with E-state index in [1.807, 2.05) is 19.9 Å². The van der Waals surface area contributed by atoms with Gasteiger partial charge in [-0.25, -0.2) is 0 Å². The molecule has 0 heterocycles. The van der Waals surface area contributed by atoms with Gasteiger partial charge in [-0.2, -0.15) is 0 Å². The lowest BCUT2D eigenvalue weighted by Gasteiger charge is -2.14. The topological polar surface area (TPSA) is 56.8 Å². The molecular weight excluding hydrogens is 294 g/mol. The number of ether oxygens (including phenoxy) is 3. The van der Waals surface area contributed by atoms with E-state index in [0.29, 0.717) is 28.5 Å². The van der Waals surface area contributed by atoms with Crippen LogP contribution >= 0.6 is 0 Å². The van der Waals surface area contributed by atoms with E-state index < -0.39 is 0 Å². The summed E-state index contributed by atoms with van der Waals surface area (Å²) in [5.41, 5.74) is 1.10. The molecule has 5 heteroatoms. The van der Waals surface area contributed by atoms with Crippen LogP contribution in [0.5, 0.6) is 17.2 Å². The Bertz CT molecular complexity index is 682. The molecule has 2 aromatic rings. The second-order valence-corrected chi connectivity index (χ2v) is 5.19. The second-order valence-electron chi connectivity index (χ2n) is 5.19. The predicted octanol–water partition coefficient (Wildman–Crippen LogP) is 3.74. The Hall–Kier alpha value is -2.69. The molecule has 1 amide bonds. The van der Waals surface area contributed by atoms with Gasteiger partial charge in [0.05, 0.1) is 25.9 Å². The van der Waals surface area contributed by atoms with Gasteiger partial charge in [0, 0.05) is 11.8 Å². The molecule has 0 atom stereocenters. The minimum absolute atomic E-state index is 0.00923. The van der Waals surface area contributed by atoms with Crippen molar-refractivity contribution in [2.45, 2.75) is 20.0 Å². The van der Waals surface area contributed by atoms with Crippen LogP contribution in [-0.4, -0.2) is 26.2 Å². The molecule has 0 saturated heterocycles. The van der Waals surface area contributed by atoms with E-state index >= 15 is 0 Å². The highest BCUT2D eigenvalue weighted by Crippen LogP contribution is 2.30. The maximum Gasteiger partial charge on any atom is 0.259 e. The Morgan fingerprint density at radius 3 is 2.30 bits per heavy atom. The molecule has 0 unspecified atom stereocenters. The first-order valence-corrected chi connectivity index (χ1v) is 7.34. The number of methoxy groups -OCH3 is 2. The zero-order valence-electron chi connectivity index (χ0n) is 13.8. The first-order chi connectivity index (χ1) is 11.0. The van der Waals surface area contributed by atoms with Crippen LogP contribution in [0.2, 0.25) is 0 Å². The van der Waals surface area contributed by atoms with Gasteiger partial charge in [-0.3, -0.25) is 4.79 Å². The van der Waals surface area contributed by atoms with E-state index in [4.69, 9.17) is 14.2 Å². The Kier molecular flexibility index (Phi) is 5.46. The molecular formula is C18H21NO4. The number of carbonyl (C=O) groups is 1. The fraction of sp³-hybridized carbons (Fsp3) is 0.278. The third-order valence-electron chi connectivity index (χ3n) is 3.14. The zero-order chi connectivity index (χ0) is 16.8. The average molecular weight is 315 g/mol. The van der Waals surface area contributed by atoms with Crippen LogP contribution in [0.1, 0.15) is 24.2 Å². The molecule has 0 aliphatic carbocycles. The normalized spacial score (nSPS) is 10.3. The third kappa shape index (κ3) is 4.16. The number of nitrogens with one attached hydrogen (secondary N) is 1. The highest BCUT2D eigenvalue weighted by molar-refractivity contribution is 6.06. The Balaban J connectivity index is 2.23. The minimum Gasteiger partial charge on any atom is -0.493 e. The van der Waals surface area contributed by atoms with Gasteiger partial charge in [-0.05, 0) is 38.1 Å². The van der Waals surface area contributed by atoms with Crippen molar-refractivity contribution in [3.8, 4) is 17.2 Å². The summed E-state index contributed by atoms with van der Waals surface area (Å²) in [6.07, 6.45) is -0.00923. The van der Waals surface area contributed by atoms with Gasteiger partial charge in [-0.15, -0.1) is 0 Å². The Morgan fingerprint density at radius 1 is 0.957 bits per heavy atom. The van der Waals surface area contributed by atoms with Crippen LogP contribution in [0.3, 0.4) is 0 Å². The Labute approximate surface area is 136 Å². The molecule has 0 aliphatic rings. The standard InChI is InChI=1S/C18H21NO4/c1-12(2)23-15-8-6-5-7-14(15)18(20)19-13-9-10-16(21-3)17(11-13)22-4/h5-12H,1-4H3,(H,19,20). The van der Waals surface area contributed by atoms with Gasteiger partial charge in [0.25, 0.3) is 5.91 Å². The SMILES string of the molecule is COc1ccc(NC(=O)c2ccccc2OC(C)C)cc1OC. The molecule has 5 nitrogen and oxygen atoms in total. The van der Waals surface area contributed by atoms with Crippen LogP contribution in [0, 0.1) is 0 Å². The highest BCUT2D eigenvalue weighted by atomic mass is 16.5. The molecule has 0 radical (unpaired) electrons. The number of amides is 1. The van der Waals surface area contributed by atoms with Crippen LogP contribution < -0.4 is 19.5 Å². The molecule has 2 rings (SSSR count). The number of benzene rings is 2. The van der Waals surface area contributed by atoms with Gasteiger partial charge in [0.1, 0.15) is 5.75 Å². The quantitative estimate of drug-likeness (QED) is 0.882. The van der Waals surface area contributed by atoms with E-state index in [2.05, 4.69) is 5.32 Å². The van der Waals surface area contributed by atoms with Gasteiger partial charge < -0.3 is 19.5 Å². The van der Waals surface area contributed by atoms with E-state index in [9.17, 15) is 4.79 Å². The minimum atomic E-state index is -0.242. The summed E-state index contributed by atoms with van der Waals surface area (Å²) in [5, 5.41) is 2.84. The fourth-order valence-corrected chi connectivity index (χ4v) is 2.12. The second kappa shape index (κ2) is 7.54. The zero-order valence-corrected chi connectivity index (χ0v) is 13.8. The lowest BCUT2D eigenvalue weighted by atomic mass is 10.1. The summed E-state index contributed by atoms with van der Waals surface area (Å²) in [6, 6.07) is 12.4. The molecule has 23 heavy (non-hydrogen) atoms. The lowest BCUT2D eigenvalue weighted by Crippen LogP contribution is -2.15. The smallest absolute Gasteiger partial charge is 0.259 e. The number of hydrogen-bond acceptors (Lipinski definition) is 4. The number of anilines is 1. The van der Waals surface area contributed by atoms with Crippen molar-refractivity contribution in [1.82, 2.24) is 0 Å². The summed E-state index contributed by atoms with van der Waals surface area (Å²) in [6.45, 7) is 3.84. The monoisotopic (exact) mass is 315 g/mol. The van der Waals surface area contributed by atoms with Crippen LogP contribution in [0.25, 0.3) is 0 Å². The van der Waals surface area contributed by atoms with E-state index in [1.54, 1.807) is 50.6 Å². The molecule has 122 valence electrons. The van der Waals surface area contributed by atoms with Crippen molar-refractivity contribution < 1.29 is 19.0 Å². The molecule has 0 saturated carbocycles. The maximum atomic E-state index is 12.5. The lowest BCUT2D eigenvalue weighted by molar-refractivity contribution is 0.102. The number of para-hydroxylation sites is 1. The van der Waals surface area contributed by atoms with Crippen molar-refractivity contribution in [2.24, 2.45) is 0 Å². The molecule has 1 N–H and O–H groups in total. The molecule has 0 aliphatic heterocycles. The van der Waals surface area contributed by atoms with Crippen LogP contribution in [0.15, 0.2) is 42.5 Å². The number of rotatable bonds is 6. The molecule has 2 aromatic carbocycles. The van der Waals surface area contributed by atoms with E-state index in [0.717, 1.165) is 0 Å². The molecule has 0 spiro atoms.